The van der Waals surface area contributed by atoms with E-state index in [1.807, 2.05) is 0 Å². The molecule has 3 aromatic rings. The van der Waals surface area contributed by atoms with Gasteiger partial charge < -0.3 is 9.73 Å². The number of furan rings is 1. The summed E-state index contributed by atoms with van der Waals surface area (Å²) < 4.78 is 19.6. The Morgan fingerprint density at radius 2 is 2.23 bits per heavy atom. The minimum Gasteiger partial charge on any atom is -0.428 e. The van der Waals surface area contributed by atoms with Crippen molar-refractivity contribution in [2.45, 2.75) is 19.8 Å². The number of hydrogen-bond donors (Lipinski definition) is 1. The average molecular weight is 301 g/mol. The minimum atomic E-state index is -0.714. The van der Waals surface area contributed by atoms with Crippen molar-refractivity contribution < 1.29 is 13.6 Å². The first kappa shape index (κ1) is 12.9. The van der Waals surface area contributed by atoms with Crippen LogP contribution in [0.2, 0.25) is 0 Å². The van der Waals surface area contributed by atoms with Crippen molar-refractivity contribution in [3.63, 3.8) is 0 Å². The molecule has 0 bridgehead atoms. The Labute approximate surface area is 124 Å². The van der Waals surface area contributed by atoms with Crippen LogP contribution in [0.15, 0.2) is 22.6 Å². The van der Waals surface area contributed by atoms with E-state index >= 15 is 0 Å². The fourth-order valence-corrected chi connectivity index (χ4v) is 2.23. The predicted molar refractivity (Wildman–Crippen MR) is 74.5 cm³/mol. The number of aryl methyl sites for hydroxylation is 1. The van der Waals surface area contributed by atoms with Crippen LogP contribution in [-0.2, 0) is 4.79 Å². The zero-order chi connectivity index (χ0) is 15.3. The Bertz CT molecular complexity index is 881. The summed E-state index contributed by atoms with van der Waals surface area (Å²) in [6, 6.07) is 3.57. The van der Waals surface area contributed by atoms with Gasteiger partial charge in [-0.1, -0.05) is 0 Å². The van der Waals surface area contributed by atoms with Gasteiger partial charge in [-0.25, -0.2) is 9.97 Å². The second-order valence-electron chi connectivity index (χ2n) is 5.26. The molecule has 1 amide bonds. The number of aromatic nitrogens is 4. The number of fused-ring (bicyclic) bond motifs is 1. The molecular formula is C14H12FN5O2. The van der Waals surface area contributed by atoms with Crippen molar-refractivity contribution in [1.29, 1.82) is 0 Å². The van der Waals surface area contributed by atoms with Crippen LogP contribution >= 0.6 is 0 Å². The third kappa shape index (κ3) is 2.22. The molecule has 3 aromatic heterocycles. The van der Waals surface area contributed by atoms with Gasteiger partial charge in [0.2, 0.25) is 11.7 Å². The number of nitrogens with zero attached hydrogens (tertiary/aromatic N) is 4. The molecule has 0 aromatic carbocycles. The summed E-state index contributed by atoms with van der Waals surface area (Å²) in [5.74, 6) is 1.39. The molecule has 1 saturated carbocycles. The van der Waals surface area contributed by atoms with Gasteiger partial charge in [-0.2, -0.15) is 8.91 Å². The minimum absolute atomic E-state index is 0.0575. The topological polar surface area (TPSA) is 85.3 Å². The summed E-state index contributed by atoms with van der Waals surface area (Å²) in [4.78, 5) is 20.5. The van der Waals surface area contributed by atoms with Crippen molar-refractivity contribution in [3.8, 4) is 11.6 Å². The van der Waals surface area contributed by atoms with E-state index in [0.717, 1.165) is 12.8 Å². The molecule has 0 radical (unpaired) electrons. The van der Waals surface area contributed by atoms with Gasteiger partial charge in [0.1, 0.15) is 11.6 Å². The van der Waals surface area contributed by atoms with E-state index in [9.17, 15) is 9.18 Å². The van der Waals surface area contributed by atoms with Gasteiger partial charge in [-0.3, -0.25) is 4.79 Å². The SMILES string of the molecule is Cc1nc2cc(NC(=O)C3CC3)nc(-c3ccc(F)o3)n2n1. The highest BCUT2D eigenvalue weighted by molar-refractivity contribution is 5.93. The highest BCUT2D eigenvalue weighted by atomic mass is 19.1. The average Bonchev–Trinajstić information content (AvgIpc) is 3.13. The quantitative estimate of drug-likeness (QED) is 0.801. The summed E-state index contributed by atoms with van der Waals surface area (Å²) in [5, 5.41) is 6.97. The van der Waals surface area contributed by atoms with Crippen LogP contribution in [0.25, 0.3) is 17.2 Å². The van der Waals surface area contributed by atoms with E-state index in [1.165, 1.54) is 16.6 Å². The molecule has 7 nitrogen and oxygen atoms in total. The molecule has 1 aliphatic rings. The number of halogens is 1. The Hall–Kier alpha value is -2.77. The number of carbonyl (C=O) groups excluding carboxylic acids is 1. The summed E-state index contributed by atoms with van der Waals surface area (Å²) in [6.07, 6.45) is 1.79. The van der Waals surface area contributed by atoms with Crippen LogP contribution in [0.1, 0.15) is 18.7 Å². The maximum absolute atomic E-state index is 13.1. The van der Waals surface area contributed by atoms with E-state index in [-0.39, 0.29) is 23.4 Å². The van der Waals surface area contributed by atoms with E-state index < -0.39 is 6.01 Å². The first-order chi connectivity index (χ1) is 10.6. The molecule has 1 aliphatic carbocycles. The summed E-state index contributed by atoms with van der Waals surface area (Å²) in [5.41, 5.74) is 0.505. The lowest BCUT2D eigenvalue weighted by Crippen LogP contribution is -2.15. The molecule has 0 atom stereocenters. The molecule has 0 spiro atoms. The lowest BCUT2D eigenvalue weighted by molar-refractivity contribution is -0.117. The molecule has 0 aliphatic heterocycles. The molecule has 0 saturated heterocycles. The van der Waals surface area contributed by atoms with Gasteiger partial charge >= 0.3 is 0 Å². The number of rotatable bonds is 3. The maximum Gasteiger partial charge on any atom is 0.278 e. The van der Waals surface area contributed by atoms with Crippen molar-refractivity contribution in [3.05, 3.63) is 30.0 Å². The number of hydrogen-bond acceptors (Lipinski definition) is 5. The Kier molecular flexibility index (Phi) is 2.72. The fourth-order valence-electron chi connectivity index (χ4n) is 2.23. The Morgan fingerprint density at radius 3 is 2.91 bits per heavy atom. The zero-order valence-electron chi connectivity index (χ0n) is 11.7. The van der Waals surface area contributed by atoms with Crippen LogP contribution in [0.5, 0.6) is 0 Å². The van der Waals surface area contributed by atoms with Gasteiger partial charge in [0.25, 0.3) is 6.01 Å². The highest BCUT2D eigenvalue weighted by Crippen LogP contribution is 2.30. The molecular weight excluding hydrogens is 289 g/mol. The van der Waals surface area contributed by atoms with Crippen molar-refractivity contribution >= 4 is 17.4 Å². The fraction of sp³-hybridized carbons (Fsp3) is 0.286. The van der Waals surface area contributed by atoms with E-state index in [2.05, 4.69) is 20.4 Å². The monoisotopic (exact) mass is 301 g/mol. The Balaban J connectivity index is 1.83. The molecule has 1 fully saturated rings. The van der Waals surface area contributed by atoms with Crippen molar-refractivity contribution in [2.75, 3.05) is 5.32 Å². The standard InChI is InChI=1S/C14H12FN5O2/c1-7-16-12-6-11(18-14(21)8-2-3-8)17-13(20(12)19-7)9-4-5-10(15)22-9/h4-6,8H,2-3H2,1H3,(H,18,21). The van der Waals surface area contributed by atoms with Gasteiger partial charge in [0.05, 0.1) is 0 Å². The number of amides is 1. The second kappa shape index (κ2) is 4.62. The molecule has 0 unspecified atom stereocenters. The van der Waals surface area contributed by atoms with E-state index in [4.69, 9.17) is 4.42 Å². The van der Waals surface area contributed by atoms with Crippen molar-refractivity contribution in [1.82, 2.24) is 19.6 Å². The van der Waals surface area contributed by atoms with Gasteiger partial charge in [-0.05, 0) is 25.8 Å². The maximum atomic E-state index is 13.1. The molecule has 112 valence electrons. The molecule has 22 heavy (non-hydrogen) atoms. The summed E-state index contributed by atoms with van der Waals surface area (Å²) >= 11 is 0. The summed E-state index contributed by atoms with van der Waals surface area (Å²) in [7, 11) is 0. The van der Waals surface area contributed by atoms with Crippen molar-refractivity contribution in [2.24, 2.45) is 5.92 Å². The van der Waals surface area contributed by atoms with Crippen LogP contribution in [0.3, 0.4) is 0 Å². The normalized spacial score (nSPS) is 14.5. The van der Waals surface area contributed by atoms with Gasteiger partial charge in [0, 0.05) is 18.1 Å². The smallest absolute Gasteiger partial charge is 0.278 e. The second-order valence-corrected chi connectivity index (χ2v) is 5.26. The molecule has 8 heteroatoms. The van der Waals surface area contributed by atoms with Gasteiger partial charge in [0.15, 0.2) is 11.4 Å². The van der Waals surface area contributed by atoms with Crippen LogP contribution in [-0.4, -0.2) is 25.5 Å². The van der Waals surface area contributed by atoms with Crippen LogP contribution in [0, 0.1) is 18.9 Å². The van der Waals surface area contributed by atoms with Crippen LogP contribution in [0.4, 0.5) is 10.2 Å². The first-order valence-electron chi connectivity index (χ1n) is 6.91. The lowest BCUT2D eigenvalue weighted by atomic mass is 10.3. The molecule has 4 rings (SSSR count). The Morgan fingerprint density at radius 1 is 1.41 bits per heavy atom. The predicted octanol–water partition coefficient (Wildman–Crippen LogP) is 2.18. The lowest BCUT2D eigenvalue weighted by Gasteiger charge is -2.06. The zero-order valence-corrected chi connectivity index (χ0v) is 11.7. The molecule has 1 N–H and O–H groups in total. The number of carbonyl (C=O) groups is 1. The van der Waals surface area contributed by atoms with E-state index in [0.29, 0.717) is 17.3 Å². The number of anilines is 1. The summed E-state index contributed by atoms with van der Waals surface area (Å²) in [6.45, 7) is 1.74. The third-order valence-electron chi connectivity index (χ3n) is 3.42. The highest BCUT2D eigenvalue weighted by Gasteiger charge is 2.30. The largest absolute Gasteiger partial charge is 0.428 e. The van der Waals surface area contributed by atoms with Crippen LogP contribution < -0.4 is 5.32 Å². The number of nitrogens with one attached hydrogen (secondary N) is 1. The molecule has 3 heterocycles. The van der Waals surface area contributed by atoms with Gasteiger partial charge in [-0.15, -0.1) is 5.10 Å². The van der Waals surface area contributed by atoms with E-state index in [1.54, 1.807) is 13.0 Å². The first-order valence-corrected chi connectivity index (χ1v) is 6.91. The third-order valence-corrected chi connectivity index (χ3v) is 3.42.